The number of alkyl halides is 1. The Balaban J connectivity index is 0.000000497. The number of ether oxygens (including phenoxy) is 1. The molecule has 0 fully saturated rings. The summed E-state index contributed by atoms with van der Waals surface area (Å²) in [5, 5.41) is 1.20. The Morgan fingerprint density at radius 2 is 1.29 bits per heavy atom. The van der Waals surface area contributed by atoms with Crippen LogP contribution < -0.4 is 0 Å². The quantitative estimate of drug-likeness (QED) is 0.436. The molecular formula is C23H33FO2S2. The zero-order valence-electron chi connectivity index (χ0n) is 17.6. The van der Waals surface area contributed by atoms with Crippen molar-refractivity contribution in [2.45, 2.75) is 50.6 Å². The molecular weight excluding hydrogens is 391 g/mol. The van der Waals surface area contributed by atoms with E-state index in [4.69, 9.17) is 4.74 Å². The molecule has 0 unspecified atom stereocenters. The molecule has 0 saturated carbocycles. The average Bonchev–Trinajstić information content (AvgIpc) is 2.72. The molecule has 0 saturated heterocycles. The summed E-state index contributed by atoms with van der Waals surface area (Å²) in [4.78, 5) is 11.3. The molecule has 0 atom stereocenters. The summed E-state index contributed by atoms with van der Waals surface area (Å²) in [6, 6.07) is 20.3. The van der Waals surface area contributed by atoms with Gasteiger partial charge in [-0.15, -0.1) is 11.8 Å². The standard InChI is InChI=1S/C12H16O2S.C10H14S.CH3F/c1-10(2)15-9-12(13)14-8-11-6-4-3-5-7-11;1-9(2)11-8-10-6-4-3-5-7-10;1-2/h3-7,10H,8-9H2,1-2H3;3-7,9H,8H2,1-2H3;1H3. The van der Waals surface area contributed by atoms with Gasteiger partial charge in [0.25, 0.3) is 0 Å². The molecule has 0 aromatic heterocycles. The first-order valence-electron chi connectivity index (χ1n) is 9.32. The maximum atomic E-state index is 11.3. The summed E-state index contributed by atoms with van der Waals surface area (Å²) >= 11 is 3.58. The van der Waals surface area contributed by atoms with Gasteiger partial charge < -0.3 is 4.74 Å². The van der Waals surface area contributed by atoms with Crippen LogP contribution in [0.4, 0.5) is 4.39 Å². The van der Waals surface area contributed by atoms with E-state index < -0.39 is 0 Å². The molecule has 0 aliphatic carbocycles. The SMILES string of the molecule is CC(C)SCC(=O)OCc1ccccc1.CC(C)SCc1ccccc1.CF. The predicted octanol–water partition coefficient (Wildman–Crippen LogP) is 6.79. The molecule has 0 heterocycles. The molecule has 156 valence electrons. The zero-order valence-corrected chi connectivity index (χ0v) is 19.2. The topological polar surface area (TPSA) is 26.3 Å². The van der Waals surface area contributed by atoms with Gasteiger partial charge in [0.15, 0.2) is 0 Å². The molecule has 0 N–H and O–H groups in total. The van der Waals surface area contributed by atoms with Crippen LogP contribution in [0.3, 0.4) is 0 Å². The maximum absolute atomic E-state index is 11.3. The lowest BCUT2D eigenvalue weighted by atomic mass is 10.2. The summed E-state index contributed by atoms with van der Waals surface area (Å²) in [7, 11) is 0.500. The van der Waals surface area contributed by atoms with E-state index in [9.17, 15) is 9.18 Å². The number of hydrogen-bond donors (Lipinski definition) is 0. The first-order valence-corrected chi connectivity index (χ1v) is 11.4. The minimum atomic E-state index is -0.141. The van der Waals surface area contributed by atoms with Crippen molar-refractivity contribution in [2.24, 2.45) is 0 Å². The van der Waals surface area contributed by atoms with E-state index >= 15 is 0 Å². The lowest BCUT2D eigenvalue weighted by molar-refractivity contribution is -0.141. The van der Waals surface area contributed by atoms with Crippen molar-refractivity contribution in [3.05, 3.63) is 71.8 Å². The number of esters is 1. The number of carbonyl (C=O) groups is 1. The molecule has 0 amide bonds. The highest BCUT2D eigenvalue weighted by atomic mass is 32.2. The molecule has 0 spiro atoms. The van der Waals surface area contributed by atoms with Gasteiger partial charge in [0.2, 0.25) is 0 Å². The zero-order chi connectivity index (χ0) is 21.2. The van der Waals surface area contributed by atoms with Gasteiger partial charge in [0.05, 0.1) is 12.9 Å². The molecule has 0 bridgehead atoms. The molecule has 2 aromatic rings. The van der Waals surface area contributed by atoms with E-state index in [2.05, 4.69) is 58.0 Å². The van der Waals surface area contributed by atoms with E-state index in [1.54, 1.807) is 11.8 Å². The Morgan fingerprint density at radius 1 is 0.821 bits per heavy atom. The third-order valence-electron chi connectivity index (χ3n) is 3.20. The van der Waals surface area contributed by atoms with Crippen molar-refractivity contribution in [2.75, 3.05) is 12.9 Å². The minimum Gasteiger partial charge on any atom is -0.460 e. The van der Waals surface area contributed by atoms with Gasteiger partial charge in [-0.3, -0.25) is 9.18 Å². The normalized spacial score (nSPS) is 9.86. The van der Waals surface area contributed by atoms with Crippen LogP contribution in [0.2, 0.25) is 0 Å². The smallest absolute Gasteiger partial charge is 0.316 e. The van der Waals surface area contributed by atoms with Crippen LogP contribution in [0, 0.1) is 0 Å². The Kier molecular flexibility index (Phi) is 16.7. The van der Waals surface area contributed by atoms with Crippen molar-refractivity contribution < 1.29 is 13.9 Å². The molecule has 2 nitrogen and oxygen atoms in total. The van der Waals surface area contributed by atoms with E-state index in [0.717, 1.165) is 16.6 Å². The first-order chi connectivity index (χ1) is 13.5. The summed E-state index contributed by atoms with van der Waals surface area (Å²) in [6.45, 7) is 8.96. The van der Waals surface area contributed by atoms with Crippen LogP contribution in [0.5, 0.6) is 0 Å². The van der Waals surface area contributed by atoms with Gasteiger partial charge in [0.1, 0.15) is 6.61 Å². The number of hydrogen-bond acceptors (Lipinski definition) is 4. The van der Waals surface area contributed by atoms with E-state index in [1.807, 2.05) is 42.1 Å². The second-order valence-electron chi connectivity index (χ2n) is 6.35. The summed E-state index contributed by atoms with van der Waals surface area (Å²) in [6.07, 6.45) is 0. The Hall–Kier alpha value is -1.46. The maximum Gasteiger partial charge on any atom is 0.316 e. The Bertz CT molecular complexity index is 605. The summed E-state index contributed by atoms with van der Waals surface area (Å²) in [5.74, 6) is 1.43. The highest BCUT2D eigenvalue weighted by Gasteiger charge is 2.04. The van der Waals surface area contributed by atoms with Gasteiger partial charge in [-0.25, -0.2) is 0 Å². The number of carbonyl (C=O) groups excluding carboxylic acids is 1. The van der Waals surface area contributed by atoms with Crippen molar-refractivity contribution in [3.63, 3.8) is 0 Å². The molecule has 2 rings (SSSR count). The van der Waals surface area contributed by atoms with E-state index in [-0.39, 0.29) is 5.97 Å². The third-order valence-corrected chi connectivity index (χ3v) is 5.44. The highest BCUT2D eigenvalue weighted by Crippen LogP contribution is 2.16. The fourth-order valence-electron chi connectivity index (χ4n) is 1.85. The van der Waals surface area contributed by atoms with Gasteiger partial charge >= 0.3 is 5.97 Å². The second kappa shape index (κ2) is 17.6. The van der Waals surface area contributed by atoms with Gasteiger partial charge in [-0.1, -0.05) is 88.4 Å². The molecule has 0 radical (unpaired) electrons. The third kappa shape index (κ3) is 15.6. The number of rotatable bonds is 8. The fraction of sp³-hybridized carbons (Fsp3) is 0.435. The van der Waals surface area contributed by atoms with Gasteiger partial charge in [0, 0.05) is 5.75 Å². The van der Waals surface area contributed by atoms with Gasteiger partial charge in [-0.05, 0) is 21.6 Å². The minimum absolute atomic E-state index is 0.141. The largest absolute Gasteiger partial charge is 0.460 e. The first kappa shape index (κ1) is 26.5. The van der Waals surface area contributed by atoms with E-state index in [1.165, 1.54) is 5.56 Å². The van der Waals surface area contributed by atoms with E-state index in [0.29, 0.717) is 24.8 Å². The van der Waals surface area contributed by atoms with Crippen LogP contribution in [0.25, 0.3) is 0 Å². The van der Waals surface area contributed by atoms with Crippen LogP contribution in [0.15, 0.2) is 60.7 Å². The molecule has 0 aliphatic heterocycles. The molecule has 28 heavy (non-hydrogen) atoms. The van der Waals surface area contributed by atoms with Crippen molar-refractivity contribution in [3.8, 4) is 0 Å². The average molecular weight is 425 g/mol. The predicted molar refractivity (Wildman–Crippen MR) is 124 cm³/mol. The second-order valence-corrected chi connectivity index (χ2v) is 9.48. The molecule has 5 heteroatoms. The Morgan fingerprint density at radius 3 is 1.75 bits per heavy atom. The van der Waals surface area contributed by atoms with Crippen LogP contribution >= 0.6 is 23.5 Å². The number of halogens is 1. The lowest BCUT2D eigenvalue weighted by Gasteiger charge is -2.06. The number of benzene rings is 2. The fourth-order valence-corrected chi connectivity index (χ4v) is 3.12. The Labute approximate surface area is 178 Å². The van der Waals surface area contributed by atoms with Crippen molar-refractivity contribution in [1.29, 1.82) is 0 Å². The van der Waals surface area contributed by atoms with Gasteiger partial charge in [-0.2, -0.15) is 11.8 Å². The monoisotopic (exact) mass is 424 g/mol. The van der Waals surface area contributed by atoms with Crippen molar-refractivity contribution >= 4 is 29.5 Å². The highest BCUT2D eigenvalue weighted by molar-refractivity contribution is 8.00. The van der Waals surface area contributed by atoms with Crippen molar-refractivity contribution in [1.82, 2.24) is 0 Å². The van der Waals surface area contributed by atoms with Crippen LogP contribution in [-0.2, 0) is 21.9 Å². The van der Waals surface area contributed by atoms with Crippen LogP contribution in [0.1, 0.15) is 38.8 Å². The molecule has 2 aromatic carbocycles. The molecule has 0 aliphatic rings. The summed E-state index contributed by atoms with van der Waals surface area (Å²) < 4.78 is 14.6. The summed E-state index contributed by atoms with van der Waals surface area (Å²) in [5.41, 5.74) is 2.45. The van der Waals surface area contributed by atoms with Crippen LogP contribution in [-0.4, -0.2) is 29.4 Å². The lowest BCUT2D eigenvalue weighted by Crippen LogP contribution is -2.08. The number of thioether (sulfide) groups is 2.